The van der Waals surface area contributed by atoms with Gasteiger partial charge in [-0.15, -0.1) is 24.0 Å². The molecule has 0 radical (unpaired) electrons. The van der Waals surface area contributed by atoms with Gasteiger partial charge in [0.15, 0.2) is 11.5 Å². The molecule has 0 aliphatic rings. The Morgan fingerprint density at radius 2 is 1.82 bits per heavy atom. The van der Waals surface area contributed by atoms with Gasteiger partial charge in [-0.3, -0.25) is 0 Å². The molecule has 0 saturated heterocycles. The minimum Gasteiger partial charge on any atom is -0.493 e. The quantitative estimate of drug-likeness (QED) is 0.865. The number of thiol groups is 1. The largest absolute Gasteiger partial charge is 0.493 e. The molecule has 5 heteroatoms. The number of ether oxygens (including phenoxy) is 2. The number of thiazole rings is 1. The van der Waals surface area contributed by atoms with Gasteiger partial charge in [-0.2, -0.15) is 0 Å². The molecule has 0 bridgehead atoms. The summed E-state index contributed by atoms with van der Waals surface area (Å²) in [5.74, 6) is 1.44. The maximum atomic E-state index is 5.29. The summed E-state index contributed by atoms with van der Waals surface area (Å²) in [6, 6.07) is 3.90. The third-order valence-corrected chi connectivity index (χ3v) is 3.73. The Bertz CT molecular complexity index is 537. The van der Waals surface area contributed by atoms with Crippen molar-refractivity contribution in [2.75, 3.05) is 14.2 Å². The lowest BCUT2D eigenvalue weighted by molar-refractivity contribution is 0.355. The molecular weight excluding hydrogens is 254 g/mol. The number of hydrogen-bond acceptors (Lipinski definition) is 5. The van der Waals surface area contributed by atoms with Crippen molar-refractivity contribution in [1.29, 1.82) is 0 Å². The van der Waals surface area contributed by atoms with Crippen LogP contribution in [-0.2, 0) is 0 Å². The molecule has 90 valence electrons. The fourth-order valence-electron chi connectivity index (χ4n) is 1.60. The molecule has 1 aromatic heterocycles. The second kappa shape index (κ2) is 4.98. The first kappa shape index (κ1) is 12.3. The van der Waals surface area contributed by atoms with Gasteiger partial charge >= 0.3 is 0 Å². The Hall–Kier alpha value is -1.20. The average Bonchev–Trinajstić information content (AvgIpc) is 2.75. The van der Waals surface area contributed by atoms with Crippen LogP contribution in [0.15, 0.2) is 22.5 Å². The molecule has 0 atom stereocenters. The molecule has 17 heavy (non-hydrogen) atoms. The van der Waals surface area contributed by atoms with E-state index in [0.29, 0.717) is 5.75 Å². The number of nitrogens with zero attached hydrogens (tertiary/aromatic N) is 1. The minimum atomic E-state index is 0.712. The third-order valence-electron chi connectivity index (χ3n) is 2.45. The van der Waals surface area contributed by atoms with Crippen molar-refractivity contribution >= 4 is 24.0 Å². The van der Waals surface area contributed by atoms with Crippen molar-refractivity contribution in [1.82, 2.24) is 4.98 Å². The Morgan fingerprint density at radius 3 is 2.35 bits per heavy atom. The van der Waals surface area contributed by atoms with E-state index in [2.05, 4.69) is 17.6 Å². The van der Waals surface area contributed by atoms with Crippen molar-refractivity contribution in [3.05, 3.63) is 23.1 Å². The Balaban J connectivity index is 2.55. The maximum Gasteiger partial charge on any atom is 0.161 e. The monoisotopic (exact) mass is 267 g/mol. The number of benzene rings is 1. The zero-order valence-electron chi connectivity index (χ0n) is 9.85. The molecule has 3 nitrogen and oxygen atoms in total. The van der Waals surface area contributed by atoms with E-state index in [1.165, 1.54) is 0 Å². The molecule has 0 fully saturated rings. The van der Waals surface area contributed by atoms with Crippen LogP contribution in [0.1, 0.15) is 5.56 Å². The van der Waals surface area contributed by atoms with Crippen LogP contribution in [0.4, 0.5) is 0 Å². The summed E-state index contributed by atoms with van der Waals surface area (Å²) in [5.41, 5.74) is 2.15. The van der Waals surface area contributed by atoms with E-state index >= 15 is 0 Å². The van der Waals surface area contributed by atoms with E-state index < -0.39 is 0 Å². The van der Waals surface area contributed by atoms with Gasteiger partial charge in [0, 0.05) is 10.9 Å². The van der Waals surface area contributed by atoms with Crippen molar-refractivity contribution in [2.45, 2.75) is 11.9 Å². The summed E-state index contributed by atoms with van der Waals surface area (Å²) in [4.78, 5) is 4.36. The number of rotatable bonds is 3. The molecule has 1 aromatic carbocycles. The van der Waals surface area contributed by atoms with Crippen molar-refractivity contribution in [2.24, 2.45) is 0 Å². The Morgan fingerprint density at radius 1 is 1.18 bits per heavy atom. The molecule has 0 amide bonds. The summed E-state index contributed by atoms with van der Waals surface area (Å²) in [7, 11) is 3.26. The van der Waals surface area contributed by atoms with E-state index in [4.69, 9.17) is 9.47 Å². The van der Waals surface area contributed by atoms with Crippen LogP contribution >= 0.6 is 24.0 Å². The van der Waals surface area contributed by atoms with Gasteiger partial charge in [0.1, 0.15) is 10.0 Å². The molecule has 2 aromatic rings. The van der Waals surface area contributed by atoms with E-state index in [1.807, 2.05) is 24.4 Å². The molecule has 1 heterocycles. The molecule has 2 rings (SSSR count). The van der Waals surface area contributed by atoms with Gasteiger partial charge < -0.3 is 9.47 Å². The molecule has 0 saturated carbocycles. The standard InChI is InChI=1S/C12H13NO2S2/c1-7-4-9(14-2)10(15-3)5-8(7)12-13-11(16)6-17-12/h4-6,16H,1-3H3. The topological polar surface area (TPSA) is 31.4 Å². The van der Waals surface area contributed by atoms with Gasteiger partial charge in [-0.25, -0.2) is 4.98 Å². The molecule has 0 N–H and O–H groups in total. The highest BCUT2D eigenvalue weighted by molar-refractivity contribution is 7.80. The lowest BCUT2D eigenvalue weighted by atomic mass is 10.1. The second-order valence-electron chi connectivity index (χ2n) is 3.53. The van der Waals surface area contributed by atoms with Gasteiger partial charge in [0.05, 0.1) is 14.2 Å². The average molecular weight is 267 g/mol. The predicted molar refractivity (Wildman–Crippen MR) is 72.6 cm³/mol. The van der Waals surface area contributed by atoms with Crippen molar-refractivity contribution in [3.8, 4) is 22.1 Å². The highest BCUT2D eigenvalue weighted by Crippen LogP contribution is 2.36. The molecular formula is C12H13NO2S2. The molecule has 0 spiro atoms. The van der Waals surface area contributed by atoms with E-state index in [1.54, 1.807) is 25.6 Å². The van der Waals surface area contributed by atoms with E-state index in [-0.39, 0.29) is 0 Å². The van der Waals surface area contributed by atoms with Gasteiger partial charge in [-0.1, -0.05) is 0 Å². The summed E-state index contributed by atoms with van der Waals surface area (Å²) in [6.45, 7) is 2.02. The van der Waals surface area contributed by atoms with Crippen LogP contribution in [0.2, 0.25) is 0 Å². The fourth-order valence-corrected chi connectivity index (χ4v) is 2.69. The Labute approximate surface area is 110 Å². The van der Waals surface area contributed by atoms with Crippen LogP contribution in [0.25, 0.3) is 10.6 Å². The zero-order valence-corrected chi connectivity index (χ0v) is 11.6. The summed E-state index contributed by atoms with van der Waals surface area (Å²) in [5, 5.41) is 3.59. The SMILES string of the molecule is COc1cc(C)c(-c2nc(S)cs2)cc1OC. The first-order valence-corrected chi connectivity index (χ1v) is 6.36. The molecule has 0 unspecified atom stereocenters. The fraction of sp³-hybridized carbons (Fsp3) is 0.250. The predicted octanol–water partition coefficient (Wildman–Crippen LogP) is 3.42. The van der Waals surface area contributed by atoms with E-state index in [9.17, 15) is 0 Å². The van der Waals surface area contributed by atoms with Gasteiger partial charge in [-0.05, 0) is 24.6 Å². The molecule has 0 aliphatic heterocycles. The smallest absolute Gasteiger partial charge is 0.161 e. The summed E-state index contributed by atoms with van der Waals surface area (Å²) >= 11 is 5.79. The van der Waals surface area contributed by atoms with E-state index in [0.717, 1.165) is 26.9 Å². The summed E-state index contributed by atoms with van der Waals surface area (Å²) in [6.07, 6.45) is 0. The normalized spacial score (nSPS) is 10.4. The minimum absolute atomic E-state index is 0.712. The van der Waals surface area contributed by atoms with Crippen LogP contribution < -0.4 is 9.47 Å². The van der Waals surface area contributed by atoms with Gasteiger partial charge in [0.25, 0.3) is 0 Å². The lowest BCUT2D eigenvalue weighted by Gasteiger charge is -2.11. The number of aromatic nitrogens is 1. The maximum absolute atomic E-state index is 5.29. The summed E-state index contributed by atoms with van der Waals surface area (Å²) < 4.78 is 10.5. The van der Waals surface area contributed by atoms with Crippen LogP contribution in [0.5, 0.6) is 11.5 Å². The second-order valence-corrected chi connectivity index (χ2v) is 4.85. The number of hydrogen-bond donors (Lipinski definition) is 1. The lowest BCUT2D eigenvalue weighted by Crippen LogP contribution is -1.93. The molecule has 0 aliphatic carbocycles. The van der Waals surface area contributed by atoms with Gasteiger partial charge in [0.2, 0.25) is 0 Å². The van der Waals surface area contributed by atoms with Crippen LogP contribution in [-0.4, -0.2) is 19.2 Å². The van der Waals surface area contributed by atoms with Crippen molar-refractivity contribution in [3.63, 3.8) is 0 Å². The zero-order chi connectivity index (χ0) is 12.4. The number of aryl methyl sites for hydroxylation is 1. The highest BCUT2D eigenvalue weighted by atomic mass is 32.1. The number of methoxy groups -OCH3 is 2. The first-order chi connectivity index (χ1) is 8.15. The van der Waals surface area contributed by atoms with Crippen molar-refractivity contribution < 1.29 is 9.47 Å². The van der Waals surface area contributed by atoms with Crippen LogP contribution in [0.3, 0.4) is 0 Å². The first-order valence-electron chi connectivity index (χ1n) is 5.03. The van der Waals surface area contributed by atoms with Crippen LogP contribution in [0, 0.1) is 6.92 Å². The highest BCUT2D eigenvalue weighted by Gasteiger charge is 2.12. The third kappa shape index (κ3) is 2.40. The Kier molecular flexibility index (Phi) is 3.59.